The van der Waals surface area contributed by atoms with Gasteiger partial charge in [-0.3, -0.25) is 9.59 Å². The third-order valence-electron chi connectivity index (χ3n) is 3.99. The molecule has 0 saturated carbocycles. The van der Waals surface area contributed by atoms with Crippen molar-refractivity contribution in [1.29, 1.82) is 0 Å². The van der Waals surface area contributed by atoms with Gasteiger partial charge in [-0.05, 0) is 31.0 Å². The Kier molecular flexibility index (Phi) is 4.59. The van der Waals surface area contributed by atoms with Crippen molar-refractivity contribution in [1.82, 2.24) is 15.4 Å². The van der Waals surface area contributed by atoms with Gasteiger partial charge in [-0.1, -0.05) is 17.3 Å². The average Bonchev–Trinajstić information content (AvgIpc) is 3.13. The molecule has 1 atom stereocenters. The van der Waals surface area contributed by atoms with Gasteiger partial charge in [-0.2, -0.15) is 0 Å². The summed E-state index contributed by atoms with van der Waals surface area (Å²) in [6, 6.07) is 7.55. The van der Waals surface area contributed by atoms with Gasteiger partial charge in [-0.25, -0.2) is 4.39 Å². The highest BCUT2D eigenvalue weighted by Crippen LogP contribution is 2.14. The minimum absolute atomic E-state index is 0.00116. The van der Waals surface area contributed by atoms with Gasteiger partial charge in [0.15, 0.2) is 5.69 Å². The molecule has 24 heavy (non-hydrogen) atoms. The molecule has 1 aliphatic rings. The van der Waals surface area contributed by atoms with E-state index in [2.05, 4.69) is 10.5 Å². The first kappa shape index (κ1) is 16.2. The molecule has 1 aromatic carbocycles. The fourth-order valence-corrected chi connectivity index (χ4v) is 2.73. The van der Waals surface area contributed by atoms with E-state index in [0.29, 0.717) is 25.3 Å². The van der Waals surface area contributed by atoms with Crippen LogP contribution in [0.25, 0.3) is 0 Å². The smallest absolute Gasteiger partial charge is 0.273 e. The van der Waals surface area contributed by atoms with Crippen molar-refractivity contribution in [3.63, 3.8) is 0 Å². The van der Waals surface area contributed by atoms with Gasteiger partial charge in [0.05, 0.1) is 6.04 Å². The summed E-state index contributed by atoms with van der Waals surface area (Å²) in [5, 5.41) is 6.46. The van der Waals surface area contributed by atoms with Crippen molar-refractivity contribution < 1.29 is 18.5 Å². The van der Waals surface area contributed by atoms with Gasteiger partial charge in [0.2, 0.25) is 5.91 Å². The van der Waals surface area contributed by atoms with Gasteiger partial charge < -0.3 is 14.7 Å². The number of rotatable bonds is 5. The molecule has 3 rings (SSSR count). The molecule has 1 aliphatic heterocycles. The number of halogens is 1. The van der Waals surface area contributed by atoms with Gasteiger partial charge in [-0.15, -0.1) is 0 Å². The molecule has 7 heteroatoms. The fourth-order valence-electron chi connectivity index (χ4n) is 2.73. The van der Waals surface area contributed by atoms with Crippen molar-refractivity contribution >= 4 is 11.8 Å². The Labute approximate surface area is 138 Å². The largest absolute Gasteiger partial charge is 0.361 e. The minimum atomic E-state index is -0.343. The first-order valence-corrected chi connectivity index (χ1v) is 7.77. The lowest BCUT2D eigenvalue weighted by atomic mass is 10.1. The third-order valence-corrected chi connectivity index (χ3v) is 3.99. The standard InChI is InChI=1S/C17H18FN3O3/c1-11-8-15(20-24-11)17(23)19-14-9-16(22)21(10-14)7-6-12-2-4-13(18)5-3-12/h2-5,8,14H,6-7,9-10H2,1H3,(H,19,23). The average molecular weight is 331 g/mol. The van der Waals surface area contributed by atoms with Crippen LogP contribution in [-0.4, -0.2) is 41.0 Å². The maximum atomic E-state index is 12.9. The molecular weight excluding hydrogens is 313 g/mol. The van der Waals surface area contributed by atoms with Crippen LogP contribution in [0.2, 0.25) is 0 Å². The van der Waals surface area contributed by atoms with Gasteiger partial charge in [0.25, 0.3) is 5.91 Å². The lowest BCUT2D eigenvalue weighted by Gasteiger charge is -2.17. The highest BCUT2D eigenvalue weighted by molar-refractivity contribution is 5.93. The van der Waals surface area contributed by atoms with E-state index in [1.54, 1.807) is 30.0 Å². The van der Waals surface area contributed by atoms with Crippen LogP contribution in [0.1, 0.15) is 28.2 Å². The van der Waals surface area contributed by atoms with E-state index in [4.69, 9.17) is 4.52 Å². The molecule has 2 aromatic rings. The summed E-state index contributed by atoms with van der Waals surface area (Å²) in [7, 11) is 0. The summed E-state index contributed by atoms with van der Waals surface area (Å²) in [6.45, 7) is 2.71. The lowest BCUT2D eigenvalue weighted by molar-refractivity contribution is -0.127. The number of carbonyl (C=O) groups is 2. The topological polar surface area (TPSA) is 75.4 Å². The Balaban J connectivity index is 1.51. The van der Waals surface area contributed by atoms with Crippen LogP contribution in [0.15, 0.2) is 34.9 Å². The number of nitrogens with one attached hydrogen (secondary N) is 1. The lowest BCUT2D eigenvalue weighted by Crippen LogP contribution is -2.37. The molecule has 126 valence electrons. The number of hydrogen-bond donors (Lipinski definition) is 1. The number of benzene rings is 1. The first-order chi connectivity index (χ1) is 11.5. The number of likely N-dealkylation sites (tertiary alicyclic amines) is 1. The van der Waals surface area contributed by atoms with Gasteiger partial charge in [0.1, 0.15) is 11.6 Å². The van der Waals surface area contributed by atoms with Crippen molar-refractivity contribution in [3.05, 3.63) is 53.2 Å². The van der Waals surface area contributed by atoms with Crippen molar-refractivity contribution in [2.45, 2.75) is 25.8 Å². The molecule has 0 bridgehead atoms. The summed E-state index contributed by atoms with van der Waals surface area (Å²) >= 11 is 0. The van der Waals surface area contributed by atoms with Crippen molar-refractivity contribution in [3.8, 4) is 0 Å². The molecule has 1 aromatic heterocycles. The van der Waals surface area contributed by atoms with Crippen molar-refractivity contribution in [2.75, 3.05) is 13.1 Å². The van der Waals surface area contributed by atoms with E-state index in [0.717, 1.165) is 5.56 Å². The third kappa shape index (κ3) is 3.79. The second-order valence-corrected chi connectivity index (χ2v) is 5.91. The number of aromatic nitrogens is 1. The van der Waals surface area contributed by atoms with E-state index < -0.39 is 0 Å². The molecule has 2 amide bonds. The number of nitrogens with zero attached hydrogens (tertiary/aromatic N) is 2. The quantitative estimate of drug-likeness (QED) is 0.905. The Bertz CT molecular complexity index is 742. The summed E-state index contributed by atoms with van der Waals surface area (Å²) < 4.78 is 17.8. The predicted molar refractivity (Wildman–Crippen MR) is 83.8 cm³/mol. The van der Waals surface area contributed by atoms with E-state index in [1.807, 2.05) is 0 Å². The Morgan fingerprint density at radius 3 is 2.83 bits per heavy atom. The maximum Gasteiger partial charge on any atom is 0.273 e. The highest BCUT2D eigenvalue weighted by atomic mass is 19.1. The van der Waals surface area contributed by atoms with E-state index in [1.165, 1.54) is 12.1 Å². The zero-order valence-corrected chi connectivity index (χ0v) is 13.3. The fraction of sp³-hybridized carbons (Fsp3) is 0.353. The van der Waals surface area contributed by atoms with Crippen LogP contribution >= 0.6 is 0 Å². The molecule has 0 spiro atoms. The minimum Gasteiger partial charge on any atom is -0.361 e. The molecule has 1 fully saturated rings. The molecule has 1 unspecified atom stereocenters. The molecule has 0 aliphatic carbocycles. The highest BCUT2D eigenvalue weighted by Gasteiger charge is 2.30. The summed E-state index contributed by atoms with van der Waals surface area (Å²) in [5.41, 5.74) is 1.18. The summed E-state index contributed by atoms with van der Waals surface area (Å²) in [4.78, 5) is 25.8. The van der Waals surface area contributed by atoms with Crippen LogP contribution in [0.3, 0.4) is 0 Å². The Morgan fingerprint density at radius 1 is 1.42 bits per heavy atom. The molecule has 0 radical (unpaired) electrons. The number of amides is 2. The second kappa shape index (κ2) is 6.82. The molecule has 1 N–H and O–H groups in total. The van der Waals surface area contributed by atoms with Crippen LogP contribution in [0.4, 0.5) is 4.39 Å². The monoisotopic (exact) mass is 331 g/mol. The number of carbonyl (C=O) groups excluding carboxylic acids is 2. The number of hydrogen-bond acceptors (Lipinski definition) is 4. The van der Waals surface area contributed by atoms with Crippen molar-refractivity contribution in [2.24, 2.45) is 0 Å². The van der Waals surface area contributed by atoms with Crippen LogP contribution in [0, 0.1) is 12.7 Å². The van der Waals surface area contributed by atoms with E-state index in [9.17, 15) is 14.0 Å². The second-order valence-electron chi connectivity index (χ2n) is 5.91. The predicted octanol–water partition coefficient (Wildman–Crippen LogP) is 1.70. The summed E-state index contributed by atoms with van der Waals surface area (Å²) in [6.07, 6.45) is 0.918. The first-order valence-electron chi connectivity index (χ1n) is 7.77. The van der Waals surface area contributed by atoms with Gasteiger partial charge >= 0.3 is 0 Å². The summed E-state index contributed by atoms with van der Waals surface area (Å²) in [5.74, 6) is -0.0609. The van der Waals surface area contributed by atoms with Crippen LogP contribution < -0.4 is 5.32 Å². The SMILES string of the molecule is Cc1cc(C(=O)NC2CC(=O)N(CCc3ccc(F)cc3)C2)no1. The molecular formula is C17H18FN3O3. The maximum absolute atomic E-state index is 12.9. The zero-order chi connectivity index (χ0) is 17.1. The normalized spacial score (nSPS) is 17.3. The Hall–Kier alpha value is -2.70. The van der Waals surface area contributed by atoms with Gasteiger partial charge in [0, 0.05) is 25.6 Å². The molecule has 6 nitrogen and oxygen atoms in total. The number of aryl methyl sites for hydroxylation is 1. The van der Waals surface area contributed by atoms with Crippen LogP contribution in [0.5, 0.6) is 0 Å². The molecule has 2 heterocycles. The Morgan fingerprint density at radius 2 is 2.17 bits per heavy atom. The zero-order valence-electron chi connectivity index (χ0n) is 13.3. The van der Waals surface area contributed by atoms with E-state index >= 15 is 0 Å². The van der Waals surface area contributed by atoms with E-state index in [-0.39, 0.29) is 35.8 Å². The van der Waals surface area contributed by atoms with Crippen LogP contribution in [-0.2, 0) is 11.2 Å². The molecule has 1 saturated heterocycles.